The van der Waals surface area contributed by atoms with Gasteiger partial charge in [-0.3, -0.25) is 0 Å². The molecule has 2 rings (SSSR count). The highest BCUT2D eigenvalue weighted by atomic mass is 127. The summed E-state index contributed by atoms with van der Waals surface area (Å²) in [4.78, 5) is 3.19. The molecule has 0 aromatic carbocycles. The van der Waals surface area contributed by atoms with Crippen molar-refractivity contribution in [2.24, 2.45) is 0 Å². The minimum atomic E-state index is 1.09. The molecule has 1 heterocycles. The molecule has 0 amide bonds. The minimum absolute atomic E-state index is 1.09. The highest BCUT2D eigenvalue weighted by Crippen LogP contribution is 2.29. The molecule has 1 aliphatic heterocycles. The SMILES string of the molecule is Brc1c[nH]c2ccc(I)c-2c1. The summed E-state index contributed by atoms with van der Waals surface area (Å²) >= 11 is 5.75. The largest absolute Gasteiger partial charge is 0.360 e. The van der Waals surface area contributed by atoms with E-state index in [1.165, 1.54) is 14.8 Å². The van der Waals surface area contributed by atoms with Crippen LogP contribution in [0.1, 0.15) is 0 Å². The Morgan fingerprint density at radius 2 is 2.18 bits per heavy atom. The number of halogens is 2. The second-order valence-electron chi connectivity index (χ2n) is 2.33. The van der Waals surface area contributed by atoms with Crippen molar-refractivity contribution in [2.45, 2.75) is 0 Å². The molecule has 0 atom stereocenters. The van der Waals surface area contributed by atoms with E-state index < -0.39 is 0 Å². The summed E-state index contributed by atoms with van der Waals surface area (Å²) in [6, 6.07) is 6.31. The van der Waals surface area contributed by atoms with E-state index in [0.717, 1.165) is 4.47 Å². The van der Waals surface area contributed by atoms with Gasteiger partial charge in [0, 0.05) is 25.5 Å². The quantitative estimate of drug-likeness (QED) is 0.715. The van der Waals surface area contributed by atoms with E-state index >= 15 is 0 Å². The average Bonchev–Trinajstić information content (AvgIpc) is 2.33. The first kappa shape index (κ1) is 7.61. The highest BCUT2D eigenvalue weighted by molar-refractivity contribution is 14.1. The molecule has 2 aliphatic rings. The van der Waals surface area contributed by atoms with Crippen molar-refractivity contribution in [3.8, 4) is 11.3 Å². The van der Waals surface area contributed by atoms with Crippen LogP contribution in [0, 0.1) is 3.57 Å². The fourth-order valence-corrected chi connectivity index (χ4v) is 2.03. The average molecular weight is 322 g/mol. The van der Waals surface area contributed by atoms with Gasteiger partial charge >= 0.3 is 0 Å². The predicted molar refractivity (Wildman–Crippen MR) is 57.8 cm³/mol. The summed E-state index contributed by atoms with van der Waals surface area (Å²) in [6.45, 7) is 0. The van der Waals surface area contributed by atoms with Crippen molar-refractivity contribution in [1.82, 2.24) is 4.98 Å². The maximum atomic E-state index is 3.42. The normalized spacial score (nSPS) is 10.7. The Labute approximate surface area is 86.8 Å². The standard InChI is InChI=1S/C8H5BrIN/c9-5-3-6-7(10)1-2-8(6)11-4-5/h1-4,11H. The van der Waals surface area contributed by atoms with Crippen LogP contribution in [-0.2, 0) is 0 Å². The van der Waals surface area contributed by atoms with Crippen LogP contribution >= 0.6 is 38.5 Å². The Bertz CT molecular complexity index is 355. The molecular weight excluding hydrogens is 317 g/mol. The van der Waals surface area contributed by atoms with Crippen LogP contribution in [0.2, 0.25) is 0 Å². The topological polar surface area (TPSA) is 15.8 Å². The van der Waals surface area contributed by atoms with E-state index in [1.807, 2.05) is 6.20 Å². The van der Waals surface area contributed by atoms with Gasteiger partial charge in [-0.05, 0) is 56.7 Å². The van der Waals surface area contributed by atoms with Crippen LogP contribution in [0.25, 0.3) is 11.3 Å². The first-order chi connectivity index (χ1) is 5.27. The van der Waals surface area contributed by atoms with E-state index in [4.69, 9.17) is 0 Å². The number of pyridine rings is 1. The summed E-state index contributed by atoms with van der Waals surface area (Å²) < 4.78 is 2.38. The fraction of sp³-hybridized carbons (Fsp3) is 0. The Morgan fingerprint density at radius 1 is 1.36 bits per heavy atom. The predicted octanol–water partition coefficient (Wildman–Crippen LogP) is 3.49. The van der Waals surface area contributed by atoms with Crippen LogP contribution < -0.4 is 0 Å². The van der Waals surface area contributed by atoms with Gasteiger partial charge in [-0.15, -0.1) is 0 Å². The summed E-state index contributed by atoms with van der Waals surface area (Å²) in [5, 5.41) is 0. The Kier molecular flexibility index (Phi) is 1.93. The smallest absolute Gasteiger partial charge is 0.0465 e. The maximum absolute atomic E-state index is 3.42. The monoisotopic (exact) mass is 321 g/mol. The van der Waals surface area contributed by atoms with Gasteiger partial charge in [0.15, 0.2) is 0 Å². The van der Waals surface area contributed by atoms with Crippen LogP contribution in [0.3, 0.4) is 0 Å². The molecule has 0 aromatic rings. The first-order valence-electron chi connectivity index (χ1n) is 3.19. The lowest BCUT2D eigenvalue weighted by Gasteiger charge is -1.99. The first-order valence-corrected chi connectivity index (χ1v) is 5.07. The highest BCUT2D eigenvalue weighted by Gasteiger charge is 2.06. The Balaban J connectivity index is 2.76. The molecule has 11 heavy (non-hydrogen) atoms. The number of hydrogen-bond donors (Lipinski definition) is 1. The van der Waals surface area contributed by atoms with Crippen LogP contribution in [0.5, 0.6) is 0 Å². The third-order valence-corrected chi connectivity index (χ3v) is 2.99. The molecule has 0 saturated carbocycles. The number of aromatic nitrogens is 1. The van der Waals surface area contributed by atoms with Crippen LogP contribution in [-0.4, -0.2) is 4.98 Å². The van der Waals surface area contributed by atoms with Gasteiger partial charge in [-0.25, -0.2) is 0 Å². The molecule has 0 saturated heterocycles. The van der Waals surface area contributed by atoms with Gasteiger partial charge in [0.05, 0.1) is 0 Å². The third-order valence-electron chi connectivity index (χ3n) is 1.59. The zero-order valence-corrected chi connectivity index (χ0v) is 9.31. The number of H-pyrrole nitrogens is 1. The molecule has 0 radical (unpaired) electrons. The second-order valence-corrected chi connectivity index (χ2v) is 4.40. The lowest BCUT2D eigenvalue weighted by Crippen LogP contribution is -1.80. The summed E-state index contributed by atoms with van der Waals surface area (Å²) in [5.41, 5.74) is 2.47. The zero-order valence-electron chi connectivity index (χ0n) is 5.57. The van der Waals surface area contributed by atoms with Gasteiger partial charge in [-0.1, -0.05) is 0 Å². The molecule has 1 N–H and O–H groups in total. The van der Waals surface area contributed by atoms with Crippen molar-refractivity contribution in [2.75, 3.05) is 0 Å². The summed E-state index contributed by atoms with van der Waals surface area (Å²) in [7, 11) is 0. The molecular formula is C8H5BrIN. The number of nitrogens with one attached hydrogen (secondary N) is 1. The summed E-state index contributed by atoms with van der Waals surface area (Å²) in [5.74, 6) is 0. The van der Waals surface area contributed by atoms with Gasteiger partial charge in [-0.2, -0.15) is 0 Å². The number of fused-ring (bicyclic) bond motifs is 1. The molecule has 0 spiro atoms. The molecule has 1 nitrogen and oxygen atoms in total. The van der Waals surface area contributed by atoms with Gasteiger partial charge in [0.2, 0.25) is 0 Å². The number of hydrogen-bond acceptors (Lipinski definition) is 0. The summed E-state index contributed by atoms with van der Waals surface area (Å²) in [6.07, 6.45) is 1.94. The minimum Gasteiger partial charge on any atom is -0.360 e. The Hall–Kier alpha value is -0.0300. The van der Waals surface area contributed by atoms with Gasteiger partial charge in [0.1, 0.15) is 0 Å². The molecule has 1 aliphatic carbocycles. The molecule has 3 heteroatoms. The maximum Gasteiger partial charge on any atom is 0.0465 e. The van der Waals surface area contributed by atoms with Crippen molar-refractivity contribution in [1.29, 1.82) is 0 Å². The molecule has 0 unspecified atom stereocenters. The van der Waals surface area contributed by atoms with Crippen LogP contribution in [0.4, 0.5) is 0 Å². The number of rotatable bonds is 0. The molecule has 56 valence electrons. The fourth-order valence-electron chi connectivity index (χ4n) is 1.06. The van der Waals surface area contributed by atoms with E-state index in [1.54, 1.807) is 0 Å². The third kappa shape index (κ3) is 1.31. The van der Waals surface area contributed by atoms with Crippen molar-refractivity contribution < 1.29 is 0 Å². The Morgan fingerprint density at radius 3 is 3.00 bits per heavy atom. The van der Waals surface area contributed by atoms with Crippen molar-refractivity contribution in [3.05, 3.63) is 32.4 Å². The number of aromatic amines is 1. The lowest BCUT2D eigenvalue weighted by molar-refractivity contribution is 1.32. The van der Waals surface area contributed by atoms with E-state index in [9.17, 15) is 0 Å². The van der Waals surface area contributed by atoms with E-state index in [2.05, 4.69) is 61.7 Å². The van der Waals surface area contributed by atoms with Gasteiger partial charge < -0.3 is 4.98 Å². The van der Waals surface area contributed by atoms with Crippen molar-refractivity contribution >= 4 is 38.5 Å². The van der Waals surface area contributed by atoms with Crippen LogP contribution in [0.15, 0.2) is 28.9 Å². The molecule has 0 aromatic heterocycles. The zero-order chi connectivity index (χ0) is 7.84. The van der Waals surface area contributed by atoms with E-state index in [-0.39, 0.29) is 0 Å². The lowest BCUT2D eigenvalue weighted by atomic mass is 10.2. The molecule has 0 bridgehead atoms. The van der Waals surface area contributed by atoms with Gasteiger partial charge in [0.25, 0.3) is 0 Å². The second kappa shape index (κ2) is 2.79. The molecule has 0 fully saturated rings. The van der Waals surface area contributed by atoms with Crippen molar-refractivity contribution in [3.63, 3.8) is 0 Å². The van der Waals surface area contributed by atoms with E-state index in [0.29, 0.717) is 0 Å².